The van der Waals surface area contributed by atoms with Crippen LogP contribution in [0, 0.1) is 0 Å². The molecule has 4 rings (SSSR count). The third-order valence-electron chi connectivity index (χ3n) is 4.21. The van der Waals surface area contributed by atoms with Crippen LogP contribution in [0.15, 0.2) is 50.7 Å². The fraction of sp³-hybridized carbons (Fsp3) is 0.312. The highest BCUT2D eigenvalue weighted by molar-refractivity contribution is 7.89. The number of aromatic nitrogens is 3. The molecule has 0 N–H and O–H groups in total. The summed E-state index contributed by atoms with van der Waals surface area (Å²) in [5, 5.41) is 12.1. The van der Waals surface area contributed by atoms with E-state index in [0.29, 0.717) is 24.9 Å². The molecule has 1 atom stereocenters. The molecule has 9 heteroatoms. The SMILES string of the molecule is O=S(=O)(c1cccnc1)N1CCCC(c2nnc(-c3ccsc3)o2)C1. The van der Waals surface area contributed by atoms with Gasteiger partial charge in [0, 0.05) is 36.4 Å². The van der Waals surface area contributed by atoms with Crippen LogP contribution >= 0.6 is 11.3 Å². The molecule has 1 fully saturated rings. The number of rotatable bonds is 4. The van der Waals surface area contributed by atoms with E-state index in [1.807, 2.05) is 16.8 Å². The molecular formula is C16H16N4O3S2. The maximum atomic E-state index is 12.8. The van der Waals surface area contributed by atoms with E-state index in [1.54, 1.807) is 29.7 Å². The first-order valence-corrected chi connectivity index (χ1v) is 10.3. The Labute approximate surface area is 149 Å². The second-order valence-corrected chi connectivity index (χ2v) is 8.57. The summed E-state index contributed by atoms with van der Waals surface area (Å²) in [4.78, 5) is 4.12. The minimum absolute atomic E-state index is 0.0971. The number of hydrogen-bond donors (Lipinski definition) is 0. The Hall–Kier alpha value is -2.10. The number of nitrogens with zero attached hydrogens (tertiary/aromatic N) is 4. The molecule has 0 spiro atoms. The lowest BCUT2D eigenvalue weighted by Crippen LogP contribution is -2.39. The van der Waals surface area contributed by atoms with Crippen molar-refractivity contribution >= 4 is 21.4 Å². The lowest BCUT2D eigenvalue weighted by molar-refractivity contribution is 0.286. The highest BCUT2D eigenvalue weighted by atomic mass is 32.2. The lowest BCUT2D eigenvalue weighted by Gasteiger charge is -2.30. The number of thiophene rings is 1. The van der Waals surface area contributed by atoms with Crippen LogP contribution in [0.2, 0.25) is 0 Å². The van der Waals surface area contributed by atoms with Crippen LogP contribution in [0.1, 0.15) is 24.7 Å². The fourth-order valence-electron chi connectivity index (χ4n) is 2.91. The molecule has 1 aliphatic rings. The van der Waals surface area contributed by atoms with Crippen molar-refractivity contribution in [3.8, 4) is 11.5 Å². The molecule has 0 aliphatic carbocycles. The highest BCUT2D eigenvalue weighted by Crippen LogP contribution is 2.31. The van der Waals surface area contributed by atoms with Gasteiger partial charge in [-0.1, -0.05) is 0 Å². The van der Waals surface area contributed by atoms with Crippen molar-refractivity contribution in [2.45, 2.75) is 23.7 Å². The van der Waals surface area contributed by atoms with Crippen molar-refractivity contribution in [3.63, 3.8) is 0 Å². The Bertz CT molecular complexity index is 939. The van der Waals surface area contributed by atoms with Gasteiger partial charge in [0.1, 0.15) is 4.90 Å². The maximum Gasteiger partial charge on any atom is 0.248 e. The zero-order valence-corrected chi connectivity index (χ0v) is 14.9. The van der Waals surface area contributed by atoms with Crippen LogP contribution in [0.5, 0.6) is 0 Å². The van der Waals surface area contributed by atoms with Crippen LogP contribution in [-0.2, 0) is 10.0 Å². The minimum atomic E-state index is -3.56. The van der Waals surface area contributed by atoms with Gasteiger partial charge in [0.15, 0.2) is 0 Å². The van der Waals surface area contributed by atoms with Crippen molar-refractivity contribution in [3.05, 3.63) is 47.2 Å². The van der Waals surface area contributed by atoms with Crippen LogP contribution in [0.3, 0.4) is 0 Å². The number of piperidine rings is 1. The first-order chi connectivity index (χ1) is 12.1. The predicted octanol–water partition coefficient (Wildman–Crippen LogP) is 2.76. The minimum Gasteiger partial charge on any atom is -0.420 e. The average molecular weight is 376 g/mol. The van der Waals surface area contributed by atoms with E-state index in [4.69, 9.17) is 4.42 Å². The largest absolute Gasteiger partial charge is 0.420 e. The fourth-order valence-corrected chi connectivity index (χ4v) is 5.03. The van der Waals surface area contributed by atoms with Crippen LogP contribution < -0.4 is 0 Å². The van der Waals surface area contributed by atoms with Gasteiger partial charge in [0.2, 0.25) is 21.8 Å². The van der Waals surface area contributed by atoms with E-state index in [9.17, 15) is 8.42 Å². The van der Waals surface area contributed by atoms with Crippen LogP contribution in [-0.4, -0.2) is 41.0 Å². The van der Waals surface area contributed by atoms with Crippen LogP contribution in [0.4, 0.5) is 0 Å². The van der Waals surface area contributed by atoms with Crippen LogP contribution in [0.25, 0.3) is 11.5 Å². The summed E-state index contributed by atoms with van der Waals surface area (Å²) in [5.74, 6) is 0.871. The first kappa shape index (κ1) is 16.4. The molecule has 3 aromatic heterocycles. The Morgan fingerprint density at radius 1 is 1.28 bits per heavy atom. The van der Waals surface area contributed by atoms with Gasteiger partial charge in [-0.3, -0.25) is 4.98 Å². The van der Waals surface area contributed by atoms with Gasteiger partial charge in [0.25, 0.3) is 0 Å². The lowest BCUT2D eigenvalue weighted by atomic mass is 10.00. The first-order valence-electron chi connectivity index (χ1n) is 7.91. The van der Waals surface area contributed by atoms with E-state index >= 15 is 0 Å². The van der Waals surface area contributed by atoms with E-state index < -0.39 is 10.0 Å². The number of hydrogen-bond acceptors (Lipinski definition) is 7. The van der Waals surface area contributed by atoms with Gasteiger partial charge >= 0.3 is 0 Å². The second kappa shape index (κ2) is 6.66. The topological polar surface area (TPSA) is 89.2 Å². The summed E-state index contributed by atoms with van der Waals surface area (Å²) in [6.45, 7) is 0.821. The molecule has 1 aliphatic heterocycles. The molecule has 130 valence electrons. The summed E-state index contributed by atoms with van der Waals surface area (Å²) in [5.41, 5.74) is 0.888. The van der Waals surface area contributed by atoms with Gasteiger partial charge in [-0.05, 0) is 36.4 Å². The van der Waals surface area contributed by atoms with Gasteiger partial charge in [-0.25, -0.2) is 8.42 Å². The van der Waals surface area contributed by atoms with Gasteiger partial charge in [0.05, 0.1) is 5.92 Å². The third-order valence-corrected chi connectivity index (χ3v) is 6.75. The predicted molar refractivity (Wildman–Crippen MR) is 92.6 cm³/mol. The second-order valence-electron chi connectivity index (χ2n) is 5.85. The quantitative estimate of drug-likeness (QED) is 0.695. The smallest absolute Gasteiger partial charge is 0.248 e. The third kappa shape index (κ3) is 3.22. The molecule has 25 heavy (non-hydrogen) atoms. The van der Waals surface area contributed by atoms with Crippen molar-refractivity contribution in [2.75, 3.05) is 13.1 Å². The van der Waals surface area contributed by atoms with Crippen molar-refractivity contribution in [1.82, 2.24) is 19.5 Å². The van der Waals surface area contributed by atoms with Gasteiger partial charge in [-0.2, -0.15) is 15.6 Å². The monoisotopic (exact) mass is 376 g/mol. The Morgan fingerprint density at radius 2 is 2.20 bits per heavy atom. The normalized spacial score (nSPS) is 19.1. The Kier molecular flexibility index (Phi) is 4.36. The molecule has 4 heterocycles. The molecule has 0 saturated carbocycles. The van der Waals surface area contributed by atoms with Crippen molar-refractivity contribution < 1.29 is 12.8 Å². The van der Waals surface area contributed by atoms with E-state index in [0.717, 1.165) is 18.4 Å². The summed E-state index contributed by atoms with van der Waals surface area (Å²) in [6, 6.07) is 5.11. The standard InChI is InChI=1S/C16H16N4O3S2/c21-25(22,14-4-1-6-17-9-14)20-7-2-3-12(10-20)15-18-19-16(23-15)13-5-8-24-11-13/h1,4-6,8-9,11-12H,2-3,7,10H2. The molecule has 0 amide bonds. The maximum absolute atomic E-state index is 12.8. The van der Waals surface area contributed by atoms with Gasteiger partial charge < -0.3 is 4.42 Å². The summed E-state index contributed by atoms with van der Waals surface area (Å²) < 4.78 is 32.8. The Balaban J connectivity index is 1.55. The molecule has 0 bridgehead atoms. The van der Waals surface area contributed by atoms with Crippen molar-refractivity contribution in [2.24, 2.45) is 0 Å². The zero-order valence-electron chi connectivity index (χ0n) is 13.3. The van der Waals surface area contributed by atoms with E-state index in [-0.39, 0.29) is 10.8 Å². The molecule has 1 unspecified atom stereocenters. The molecular weight excluding hydrogens is 360 g/mol. The van der Waals surface area contributed by atoms with Crippen molar-refractivity contribution in [1.29, 1.82) is 0 Å². The Morgan fingerprint density at radius 3 is 2.96 bits per heavy atom. The molecule has 3 aromatic rings. The summed E-state index contributed by atoms with van der Waals surface area (Å²) in [6.07, 6.45) is 4.51. The molecule has 0 radical (unpaired) electrons. The van der Waals surface area contributed by atoms with E-state index in [2.05, 4.69) is 15.2 Å². The molecule has 7 nitrogen and oxygen atoms in total. The zero-order chi connectivity index (χ0) is 17.3. The van der Waals surface area contributed by atoms with E-state index in [1.165, 1.54) is 10.5 Å². The number of sulfonamides is 1. The summed E-state index contributed by atoms with van der Waals surface area (Å²) >= 11 is 1.56. The van der Waals surface area contributed by atoms with Gasteiger partial charge in [-0.15, -0.1) is 10.2 Å². The average Bonchev–Trinajstić information content (AvgIpc) is 3.34. The number of pyridine rings is 1. The highest BCUT2D eigenvalue weighted by Gasteiger charge is 2.33. The summed E-state index contributed by atoms with van der Waals surface area (Å²) in [7, 11) is -3.56. The molecule has 1 saturated heterocycles. The molecule has 0 aromatic carbocycles.